The van der Waals surface area contributed by atoms with E-state index >= 15 is 0 Å². The van der Waals surface area contributed by atoms with Gasteiger partial charge in [-0.2, -0.15) is 9.61 Å². The molecule has 8 heteroatoms. The molecule has 0 radical (unpaired) electrons. The second-order valence-electron chi connectivity index (χ2n) is 4.61. The van der Waals surface area contributed by atoms with Crippen molar-refractivity contribution in [1.29, 1.82) is 0 Å². The molecule has 1 aromatic carbocycles. The van der Waals surface area contributed by atoms with Crippen molar-refractivity contribution in [2.24, 2.45) is 0 Å². The molecule has 0 spiro atoms. The summed E-state index contributed by atoms with van der Waals surface area (Å²) in [6.07, 6.45) is 0. The molecule has 0 saturated heterocycles. The van der Waals surface area contributed by atoms with E-state index in [-0.39, 0.29) is 17.5 Å². The summed E-state index contributed by atoms with van der Waals surface area (Å²) in [6.45, 7) is 4.98. The fourth-order valence-corrected chi connectivity index (χ4v) is 2.98. The number of hydrogen-bond donors (Lipinski definition) is 0. The fourth-order valence-electron chi connectivity index (χ4n) is 2.14. The predicted molar refractivity (Wildman–Crippen MR) is 81.3 cm³/mol. The number of halogens is 1. The molecule has 114 valence electrons. The van der Waals surface area contributed by atoms with Crippen LogP contribution in [0.2, 0.25) is 0 Å². The Morgan fingerprint density at radius 2 is 2.09 bits per heavy atom. The molecule has 3 rings (SSSR count). The number of hydrogen-bond acceptors (Lipinski definition) is 5. The van der Waals surface area contributed by atoms with E-state index in [0.29, 0.717) is 28.6 Å². The number of rotatable bonds is 4. The Hall–Kier alpha value is -2.35. The summed E-state index contributed by atoms with van der Waals surface area (Å²) in [4.78, 5) is 14.5. The molecular weight excluding hydrogens is 305 g/mol. The smallest absolute Gasteiger partial charge is 0.293 e. The van der Waals surface area contributed by atoms with Gasteiger partial charge < -0.3 is 4.90 Å². The molecule has 6 nitrogen and oxygen atoms in total. The zero-order chi connectivity index (χ0) is 15.7. The SMILES string of the molecule is CCN(CC)C(=O)c1nnc2sc(-c3cccc(F)c3)nn12. The second-order valence-corrected chi connectivity index (χ2v) is 5.57. The quantitative estimate of drug-likeness (QED) is 0.741. The Morgan fingerprint density at radius 3 is 2.77 bits per heavy atom. The van der Waals surface area contributed by atoms with E-state index in [4.69, 9.17) is 0 Å². The largest absolute Gasteiger partial charge is 0.336 e. The molecule has 22 heavy (non-hydrogen) atoms. The van der Waals surface area contributed by atoms with Crippen molar-refractivity contribution in [3.05, 3.63) is 35.9 Å². The number of aromatic nitrogens is 4. The van der Waals surface area contributed by atoms with Crippen LogP contribution in [0, 0.1) is 5.82 Å². The first-order valence-corrected chi connectivity index (χ1v) is 7.73. The van der Waals surface area contributed by atoms with Crippen molar-refractivity contribution in [3.8, 4) is 10.6 Å². The molecule has 2 heterocycles. The standard InChI is InChI=1S/C14H14FN5OS/c1-3-19(4-2)13(21)11-16-17-14-20(11)18-12(22-14)9-6-5-7-10(15)8-9/h5-8H,3-4H2,1-2H3. The van der Waals surface area contributed by atoms with Crippen molar-refractivity contribution in [3.63, 3.8) is 0 Å². The van der Waals surface area contributed by atoms with Crippen LogP contribution in [0.15, 0.2) is 24.3 Å². The van der Waals surface area contributed by atoms with Crippen molar-refractivity contribution in [2.45, 2.75) is 13.8 Å². The van der Waals surface area contributed by atoms with Gasteiger partial charge in [0.05, 0.1) is 0 Å². The Balaban J connectivity index is 2.03. The molecule has 0 aliphatic carbocycles. The van der Waals surface area contributed by atoms with Gasteiger partial charge in [-0.25, -0.2) is 4.39 Å². The first-order chi connectivity index (χ1) is 10.6. The van der Waals surface area contributed by atoms with Gasteiger partial charge in [-0.05, 0) is 26.0 Å². The summed E-state index contributed by atoms with van der Waals surface area (Å²) in [5.74, 6) is -0.367. The number of amides is 1. The number of benzene rings is 1. The lowest BCUT2D eigenvalue weighted by atomic mass is 10.2. The zero-order valence-corrected chi connectivity index (χ0v) is 13.0. The minimum atomic E-state index is -0.331. The maximum atomic E-state index is 13.3. The summed E-state index contributed by atoms with van der Waals surface area (Å²) in [5, 5.41) is 12.9. The maximum Gasteiger partial charge on any atom is 0.293 e. The van der Waals surface area contributed by atoms with Crippen molar-refractivity contribution in [2.75, 3.05) is 13.1 Å². The second kappa shape index (κ2) is 5.80. The number of carbonyl (C=O) groups is 1. The molecule has 0 aliphatic rings. The molecule has 0 saturated carbocycles. The topological polar surface area (TPSA) is 63.4 Å². The Morgan fingerprint density at radius 1 is 1.32 bits per heavy atom. The van der Waals surface area contributed by atoms with Crippen LogP contribution in [0.5, 0.6) is 0 Å². The average molecular weight is 319 g/mol. The van der Waals surface area contributed by atoms with Crippen LogP contribution in [0.1, 0.15) is 24.5 Å². The van der Waals surface area contributed by atoms with Crippen molar-refractivity contribution >= 4 is 22.2 Å². The third-order valence-electron chi connectivity index (χ3n) is 3.30. The highest BCUT2D eigenvalue weighted by atomic mass is 32.1. The van der Waals surface area contributed by atoms with E-state index in [2.05, 4.69) is 15.3 Å². The van der Waals surface area contributed by atoms with Crippen LogP contribution in [-0.2, 0) is 0 Å². The van der Waals surface area contributed by atoms with Gasteiger partial charge in [-0.3, -0.25) is 4.79 Å². The van der Waals surface area contributed by atoms with Gasteiger partial charge >= 0.3 is 0 Å². The third-order valence-corrected chi connectivity index (χ3v) is 4.25. The van der Waals surface area contributed by atoms with Crippen LogP contribution in [0.25, 0.3) is 15.5 Å². The highest BCUT2D eigenvalue weighted by molar-refractivity contribution is 7.19. The molecule has 3 aromatic rings. The first-order valence-electron chi connectivity index (χ1n) is 6.91. The molecule has 0 atom stereocenters. The van der Waals surface area contributed by atoms with Gasteiger partial charge in [-0.15, -0.1) is 10.2 Å². The molecule has 1 amide bonds. The first kappa shape index (κ1) is 14.6. The van der Waals surface area contributed by atoms with E-state index in [1.54, 1.807) is 17.0 Å². The molecule has 0 N–H and O–H groups in total. The van der Waals surface area contributed by atoms with Crippen LogP contribution in [0.4, 0.5) is 4.39 Å². The molecule has 2 aromatic heterocycles. The van der Waals surface area contributed by atoms with Gasteiger partial charge in [0.1, 0.15) is 10.8 Å². The van der Waals surface area contributed by atoms with Crippen molar-refractivity contribution < 1.29 is 9.18 Å². The summed E-state index contributed by atoms with van der Waals surface area (Å²) in [7, 11) is 0. The zero-order valence-electron chi connectivity index (χ0n) is 12.2. The minimum absolute atomic E-state index is 0.178. The van der Waals surface area contributed by atoms with E-state index in [0.717, 1.165) is 0 Å². The lowest BCUT2D eigenvalue weighted by Crippen LogP contribution is -2.32. The third kappa shape index (κ3) is 2.45. The van der Waals surface area contributed by atoms with E-state index < -0.39 is 0 Å². The Bertz CT molecular complexity index is 824. The molecular formula is C14H14FN5OS. The minimum Gasteiger partial charge on any atom is -0.336 e. The van der Waals surface area contributed by atoms with Crippen LogP contribution < -0.4 is 0 Å². The highest BCUT2D eigenvalue weighted by Crippen LogP contribution is 2.26. The van der Waals surface area contributed by atoms with Gasteiger partial charge in [0.2, 0.25) is 10.8 Å². The molecule has 0 bridgehead atoms. The van der Waals surface area contributed by atoms with Crippen molar-refractivity contribution in [1.82, 2.24) is 24.7 Å². The number of carbonyl (C=O) groups excluding carboxylic acids is 1. The lowest BCUT2D eigenvalue weighted by molar-refractivity contribution is 0.0758. The lowest BCUT2D eigenvalue weighted by Gasteiger charge is -2.16. The maximum absolute atomic E-state index is 13.3. The number of fused-ring (bicyclic) bond motifs is 1. The van der Waals surface area contributed by atoms with Crippen LogP contribution in [0.3, 0.4) is 0 Å². The van der Waals surface area contributed by atoms with E-state index in [9.17, 15) is 9.18 Å². The number of nitrogens with zero attached hydrogens (tertiary/aromatic N) is 5. The summed E-state index contributed by atoms with van der Waals surface area (Å²) < 4.78 is 14.7. The Labute approximate surface area is 130 Å². The van der Waals surface area contributed by atoms with Gasteiger partial charge in [0.15, 0.2) is 0 Å². The highest BCUT2D eigenvalue weighted by Gasteiger charge is 2.22. The normalized spacial score (nSPS) is 11.0. The summed E-state index contributed by atoms with van der Waals surface area (Å²) >= 11 is 1.27. The van der Waals surface area contributed by atoms with Gasteiger partial charge in [0.25, 0.3) is 5.91 Å². The fraction of sp³-hybridized carbons (Fsp3) is 0.286. The van der Waals surface area contributed by atoms with Crippen LogP contribution >= 0.6 is 11.3 Å². The van der Waals surface area contributed by atoms with E-state index in [1.807, 2.05) is 13.8 Å². The van der Waals surface area contributed by atoms with Gasteiger partial charge in [-0.1, -0.05) is 23.5 Å². The van der Waals surface area contributed by atoms with Crippen LogP contribution in [-0.4, -0.2) is 43.7 Å². The summed E-state index contributed by atoms with van der Waals surface area (Å²) in [5.41, 5.74) is 0.650. The molecule has 0 aliphatic heterocycles. The average Bonchev–Trinajstić information content (AvgIpc) is 3.08. The molecule has 0 fully saturated rings. The monoisotopic (exact) mass is 319 g/mol. The molecule has 0 unspecified atom stereocenters. The predicted octanol–water partition coefficient (Wildman–Crippen LogP) is 2.47. The van der Waals surface area contributed by atoms with E-state index in [1.165, 1.54) is 28.0 Å². The van der Waals surface area contributed by atoms with Gasteiger partial charge in [0, 0.05) is 18.7 Å². The Kier molecular flexibility index (Phi) is 3.84. The summed E-state index contributed by atoms with van der Waals surface area (Å²) in [6, 6.07) is 6.16.